The van der Waals surface area contributed by atoms with Gasteiger partial charge in [0.05, 0.1) is 0 Å². The van der Waals surface area contributed by atoms with Crippen LogP contribution in [0.1, 0.15) is 5.56 Å². The Morgan fingerprint density at radius 1 is 1.14 bits per heavy atom. The van der Waals surface area contributed by atoms with Gasteiger partial charge < -0.3 is 4.57 Å². The molecule has 0 spiro atoms. The van der Waals surface area contributed by atoms with Crippen molar-refractivity contribution >= 4 is 0 Å². The molecule has 0 aliphatic heterocycles. The number of hydrogen-bond donors (Lipinski definition) is 0. The number of aryl methyl sites for hydroxylation is 1. The zero-order chi connectivity index (χ0) is 10.1. The largest absolute Gasteiger partial charge is 0.303 e. The molecule has 2 aromatic rings. The highest BCUT2D eigenvalue weighted by Gasteiger charge is 2.06. The molecular weight excluding hydrogens is 186 g/mol. The maximum Gasteiger partial charge on any atom is 0.176 e. The lowest BCUT2D eigenvalue weighted by Crippen LogP contribution is -1.93. The van der Waals surface area contributed by atoms with Crippen LogP contribution < -0.4 is 0 Å². The molecule has 2 rings (SSSR count). The fraction of sp³-hybridized carbons (Fsp3) is 0.100. The molecule has 2 aromatic heterocycles. The third-order valence-electron chi connectivity index (χ3n) is 1.89. The van der Waals surface area contributed by atoms with E-state index < -0.39 is 11.6 Å². The second-order valence-electron chi connectivity index (χ2n) is 3.06. The Bertz CT molecular complexity index is 426. The molecule has 14 heavy (non-hydrogen) atoms. The minimum Gasteiger partial charge on any atom is -0.303 e. The third-order valence-corrected chi connectivity index (χ3v) is 1.89. The number of rotatable bonds is 1. The Hall–Kier alpha value is -1.71. The van der Waals surface area contributed by atoms with Crippen LogP contribution in [0.5, 0.6) is 0 Å². The van der Waals surface area contributed by atoms with Gasteiger partial charge in [0.15, 0.2) is 11.6 Å². The smallest absolute Gasteiger partial charge is 0.176 e. The number of nitrogens with zero attached hydrogens (tertiary/aromatic N) is 2. The number of halogens is 2. The lowest BCUT2D eigenvalue weighted by molar-refractivity contribution is 0.516. The first kappa shape index (κ1) is 8.87. The molecule has 0 saturated heterocycles. The van der Waals surface area contributed by atoms with Gasteiger partial charge in [-0.25, -0.2) is 13.8 Å². The summed E-state index contributed by atoms with van der Waals surface area (Å²) in [5, 5.41) is 0. The van der Waals surface area contributed by atoms with Crippen molar-refractivity contribution in [3.63, 3.8) is 0 Å². The van der Waals surface area contributed by atoms with Crippen LogP contribution in [-0.4, -0.2) is 9.55 Å². The van der Waals surface area contributed by atoms with Crippen molar-refractivity contribution in [1.82, 2.24) is 9.55 Å². The van der Waals surface area contributed by atoms with E-state index in [0.29, 0.717) is 5.82 Å². The number of aromatic nitrogens is 2. The first-order chi connectivity index (χ1) is 6.66. The minimum absolute atomic E-state index is 0.499. The summed E-state index contributed by atoms with van der Waals surface area (Å²) in [6, 6.07) is 3.53. The van der Waals surface area contributed by atoms with E-state index in [2.05, 4.69) is 4.98 Å². The second kappa shape index (κ2) is 3.21. The zero-order valence-corrected chi connectivity index (χ0v) is 7.54. The van der Waals surface area contributed by atoms with Gasteiger partial charge in [-0.2, -0.15) is 0 Å². The van der Waals surface area contributed by atoms with Crippen molar-refractivity contribution in [2.75, 3.05) is 0 Å². The molecule has 0 radical (unpaired) electrons. The molecule has 0 aromatic carbocycles. The third kappa shape index (κ3) is 1.51. The van der Waals surface area contributed by atoms with Gasteiger partial charge in [0.2, 0.25) is 0 Å². The van der Waals surface area contributed by atoms with Crippen LogP contribution in [-0.2, 0) is 0 Å². The Labute approximate surface area is 79.8 Å². The molecule has 72 valence electrons. The first-order valence-electron chi connectivity index (χ1n) is 4.13. The molecule has 0 aliphatic carbocycles. The molecular formula is C10H8F2N2. The highest BCUT2D eigenvalue weighted by Crippen LogP contribution is 2.11. The van der Waals surface area contributed by atoms with Crippen LogP contribution in [0.2, 0.25) is 0 Å². The second-order valence-corrected chi connectivity index (χ2v) is 3.06. The summed E-state index contributed by atoms with van der Waals surface area (Å²) < 4.78 is 26.7. The van der Waals surface area contributed by atoms with Crippen LogP contribution in [0.3, 0.4) is 0 Å². The SMILES string of the molecule is Cc1ccc(-n2cc(F)c(F)c2)nc1. The summed E-state index contributed by atoms with van der Waals surface area (Å²) >= 11 is 0. The van der Waals surface area contributed by atoms with Crippen molar-refractivity contribution in [2.24, 2.45) is 0 Å². The molecule has 4 heteroatoms. The quantitative estimate of drug-likeness (QED) is 0.681. The zero-order valence-electron chi connectivity index (χ0n) is 7.54. The number of hydrogen-bond acceptors (Lipinski definition) is 1. The van der Waals surface area contributed by atoms with E-state index in [1.54, 1.807) is 12.3 Å². The van der Waals surface area contributed by atoms with Crippen molar-refractivity contribution in [3.05, 3.63) is 47.9 Å². The molecule has 0 saturated carbocycles. The van der Waals surface area contributed by atoms with Crippen LogP contribution in [0.4, 0.5) is 8.78 Å². The Kier molecular flexibility index (Phi) is 2.04. The molecule has 0 unspecified atom stereocenters. The average Bonchev–Trinajstić information content (AvgIpc) is 2.48. The molecule has 0 fully saturated rings. The van der Waals surface area contributed by atoms with E-state index in [0.717, 1.165) is 18.0 Å². The summed E-state index contributed by atoms with van der Waals surface area (Å²) in [4.78, 5) is 4.03. The van der Waals surface area contributed by atoms with Gasteiger partial charge in [-0.1, -0.05) is 6.07 Å². The molecule has 0 atom stereocenters. The molecule has 0 bridgehead atoms. The van der Waals surface area contributed by atoms with Crippen molar-refractivity contribution in [3.8, 4) is 5.82 Å². The van der Waals surface area contributed by atoms with E-state index in [-0.39, 0.29) is 0 Å². The molecule has 0 amide bonds. The van der Waals surface area contributed by atoms with Crippen LogP contribution >= 0.6 is 0 Å². The van der Waals surface area contributed by atoms with Gasteiger partial charge in [0.1, 0.15) is 5.82 Å². The summed E-state index contributed by atoms with van der Waals surface area (Å²) in [5.41, 5.74) is 1.00. The highest BCUT2D eigenvalue weighted by atomic mass is 19.2. The molecule has 2 heterocycles. The maximum absolute atomic E-state index is 12.7. The molecule has 0 aliphatic rings. The van der Waals surface area contributed by atoms with E-state index >= 15 is 0 Å². The topological polar surface area (TPSA) is 17.8 Å². The van der Waals surface area contributed by atoms with Crippen LogP contribution in [0.25, 0.3) is 5.82 Å². The van der Waals surface area contributed by atoms with Gasteiger partial charge in [-0.05, 0) is 18.6 Å². The van der Waals surface area contributed by atoms with E-state index in [1.807, 2.05) is 13.0 Å². The fourth-order valence-electron chi connectivity index (χ4n) is 1.15. The van der Waals surface area contributed by atoms with Gasteiger partial charge in [-0.3, -0.25) is 0 Å². The normalized spacial score (nSPS) is 10.5. The highest BCUT2D eigenvalue weighted by molar-refractivity contribution is 5.26. The summed E-state index contributed by atoms with van der Waals surface area (Å²) in [5.74, 6) is -1.24. The predicted molar refractivity (Wildman–Crippen MR) is 48.2 cm³/mol. The molecule has 2 nitrogen and oxygen atoms in total. The van der Waals surface area contributed by atoms with Gasteiger partial charge in [0, 0.05) is 18.6 Å². The average molecular weight is 194 g/mol. The summed E-state index contributed by atoms with van der Waals surface area (Å²) in [7, 11) is 0. The van der Waals surface area contributed by atoms with Gasteiger partial charge >= 0.3 is 0 Å². The first-order valence-corrected chi connectivity index (χ1v) is 4.13. The maximum atomic E-state index is 12.7. The van der Waals surface area contributed by atoms with Crippen LogP contribution in [0.15, 0.2) is 30.7 Å². The lowest BCUT2D eigenvalue weighted by atomic mass is 10.3. The predicted octanol–water partition coefficient (Wildman–Crippen LogP) is 2.46. The standard InChI is InChI=1S/C10H8F2N2/c1-7-2-3-10(13-4-7)14-5-8(11)9(12)6-14/h2-6H,1H3. The van der Waals surface area contributed by atoms with E-state index in [9.17, 15) is 8.78 Å². The lowest BCUT2D eigenvalue weighted by Gasteiger charge is -2.00. The van der Waals surface area contributed by atoms with E-state index in [4.69, 9.17) is 0 Å². The summed E-state index contributed by atoms with van der Waals surface area (Å²) in [6.07, 6.45) is 3.77. The Morgan fingerprint density at radius 3 is 2.29 bits per heavy atom. The van der Waals surface area contributed by atoms with Crippen LogP contribution in [0, 0.1) is 18.6 Å². The van der Waals surface area contributed by atoms with E-state index in [1.165, 1.54) is 4.57 Å². The van der Waals surface area contributed by atoms with Crippen molar-refractivity contribution < 1.29 is 8.78 Å². The van der Waals surface area contributed by atoms with Crippen molar-refractivity contribution in [1.29, 1.82) is 0 Å². The monoisotopic (exact) mass is 194 g/mol. The fourth-order valence-corrected chi connectivity index (χ4v) is 1.15. The summed E-state index contributed by atoms with van der Waals surface area (Å²) in [6.45, 7) is 1.90. The van der Waals surface area contributed by atoms with Gasteiger partial charge in [-0.15, -0.1) is 0 Å². The van der Waals surface area contributed by atoms with Gasteiger partial charge in [0.25, 0.3) is 0 Å². The number of pyridine rings is 1. The Balaban J connectivity index is 2.44. The minimum atomic E-state index is -0.868. The van der Waals surface area contributed by atoms with Crippen molar-refractivity contribution in [2.45, 2.75) is 6.92 Å². The molecule has 0 N–H and O–H groups in total. The Morgan fingerprint density at radius 2 is 1.79 bits per heavy atom.